The molecule has 1 aromatic carbocycles. The van der Waals surface area contributed by atoms with Crippen molar-refractivity contribution < 1.29 is 4.79 Å². The van der Waals surface area contributed by atoms with Crippen molar-refractivity contribution in [1.29, 1.82) is 0 Å². The van der Waals surface area contributed by atoms with Crippen molar-refractivity contribution in [3.8, 4) is 0 Å². The Morgan fingerprint density at radius 3 is 2.16 bits per heavy atom. The maximum absolute atomic E-state index is 12.5. The summed E-state index contributed by atoms with van der Waals surface area (Å²) in [5.41, 5.74) is 5.52. The summed E-state index contributed by atoms with van der Waals surface area (Å²) in [6.45, 7) is 6.77. The summed E-state index contributed by atoms with van der Waals surface area (Å²) in [4.78, 5) is 23.2. The number of thioether (sulfide) groups is 1. The van der Waals surface area contributed by atoms with Crippen LogP contribution in [0.3, 0.4) is 0 Å². The first-order valence-corrected chi connectivity index (χ1v) is 9.87. The minimum absolute atomic E-state index is 0.146. The first kappa shape index (κ1) is 19.4. The molecule has 4 nitrogen and oxygen atoms in total. The molecule has 0 bridgehead atoms. The Hall–Kier alpha value is -1.88. The zero-order valence-electron chi connectivity index (χ0n) is 15.8. The largest absolute Gasteiger partial charge is 0.341 e. The molecule has 2 aromatic rings. The Morgan fingerprint density at radius 1 is 1.08 bits per heavy atom. The smallest absolute Gasteiger partial charge is 0.222 e. The lowest BCUT2D eigenvalue weighted by atomic mass is 10.1. The Labute approximate surface area is 155 Å². The fraction of sp³-hybridized carbons (Fsp3) is 0.450. The van der Waals surface area contributed by atoms with Crippen molar-refractivity contribution in [3.05, 3.63) is 52.3 Å². The number of aryl methyl sites for hydroxylation is 3. The van der Waals surface area contributed by atoms with Gasteiger partial charge in [-0.3, -0.25) is 4.79 Å². The van der Waals surface area contributed by atoms with Gasteiger partial charge in [-0.15, -0.1) is 0 Å². The normalized spacial score (nSPS) is 10.8. The van der Waals surface area contributed by atoms with Crippen molar-refractivity contribution >= 4 is 17.7 Å². The molecule has 0 N–H and O–H groups in total. The van der Waals surface area contributed by atoms with Crippen LogP contribution < -0.4 is 0 Å². The predicted molar refractivity (Wildman–Crippen MR) is 104 cm³/mol. The minimum atomic E-state index is 0.146. The molecule has 0 spiro atoms. The molecule has 0 radical (unpaired) electrons. The van der Waals surface area contributed by atoms with Gasteiger partial charge in [0.05, 0.1) is 0 Å². The van der Waals surface area contributed by atoms with Crippen LogP contribution in [0.25, 0.3) is 0 Å². The zero-order valence-corrected chi connectivity index (χ0v) is 16.6. The lowest BCUT2D eigenvalue weighted by molar-refractivity contribution is -0.130. The lowest BCUT2D eigenvalue weighted by Gasteiger charge is -2.18. The average molecular weight is 358 g/mol. The molecule has 134 valence electrons. The van der Waals surface area contributed by atoms with Crippen molar-refractivity contribution in [3.63, 3.8) is 0 Å². The van der Waals surface area contributed by atoms with E-state index in [2.05, 4.69) is 41.2 Å². The van der Waals surface area contributed by atoms with E-state index in [1.807, 2.05) is 27.2 Å². The van der Waals surface area contributed by atoms with Crippen molar-refractivity contribution in [2.75, 3.05) is 13.3 Å². The van der Waals surface area contributed by atoms with E-state index in [0.29, 0.717) is 19.4 Å². The molecule has 1 heterocycles. The quantitative estimate of drug-likeness (QED) is 0.556. The molecular weight excluding hydrogens is 330 g/mol. The van der Waals surface area contributed by atoms with Crippen molar-refractivity contribution in [2.24, 2.45) is 0 Å². The fourth-order valence-electron chi connectivity index (χ4n) is 2.83. The summed E-state index contributed by atoms with van der Waals surface area (Å²) < 4.78 is 0. The Morgan fingerprint density at radius 2 is 1.64 bits per heavy atom. The number of carbonyl (C=O) groups excluding carboxylic acids is 1. The van der Waals surface area contributed by atoms with Crippen LogP contribution >= 0.6 is 11.8 Å². The predicted octanol–water partition coefficient (Wildman–Crippen LogP) is 3.97. The maximum Gasteiger partial charge on any atom is 0.222 e. The average Bonchev–Trinajstić information content (AvgIpc) is 2.61. The van der Waals surface area contributed by atoms with Gasteiger partial charge >= 0.3 is 0 Å². The van der Waals surface area contributed by atoms with Gasteiger partial charge in [-0.2, -0.15) is 0 Å². The highest BCUT2D eigenvalue weighted by Gasteiger charge is 2.13. The number of hydrogen-bond acceptors (Lipinski definition) is 4. The molecule has 25 heavy (non-hydrogen) atoms. The SMILES string of the molecule is CCc1ccc(CN(C)C(=O)CCc2c(C)nc(SC)nc2C)cc1. The topological polar surface area (TPSA) is 46.1 Å². The zero-order chi connectivity index (χ0) is 18.4. The Kier molecular flexibility index (Phi) is 7.00. The van der Waals surface area contributed by atoms with E-state index >= 15 is 0 Å². The molecule has 1 amide bonds. The van der Waals surface area contributed by atoms with Gasteiger partial charge in [0, 0.05) is 31.4 Å². The van der Waals surface area contributed by atoms with Crippen LogP contribution in [-0.2, 0) is 24.2 Å². The van der Waals surface area contributed by atoms with Crippen LogP contribution in [0.15, 0.2) is 29.4 Å². The highest BCUT2D eigenvalue weighted by atomic mass is 32.2. The van der Waals surface area contributed by atoms with Crippen molar-refractivity contribution in [2.45, 2.75) is 51.7 Å². The van der Waals surface area contributed by atoms with Crippen LogP contribution in [0.5, 0.6) is 0 Å². The van der Waals surface area contributed by atoms with E-state index in [0.717, 1.165) is 34.1 Å². The third kappa shape index (κ3) is 5.30. The standard InChI is InChI=1S/C20H27N3OS/c1-6-16-7-9-17(10-8-16)13-23(4)19(24)12-11-18-14(2)21-20(25-5)22-15(18)3/h7-10H,6,11-13H2,1-5H3. The van der Waals surface area contributed by atoms with Crippen LogP contribution in [0.2, 0.25) is 0 Å². The molecule has 0 aliphatic carbocycles. The van der Waals surface area contributed by atoms with Crippen molar-refractivity contribution in [1.82, 2.24) is 14.9 Å². The summed E-state index contributed by atoms with van der Waals surface area (Å²) in [7, 11) is 1.86. The number of hydrogen-bond donors (Lipinski definition) is 0. The number of aromatic nitrogens is 2. The van der Waals surface area contributed by atoms with Gasteiger partial charge in [0.15, 0.2) is 5.16 Å². The van der Waals surface area contributed by atoms with E-state index in [-0.39, 0.29) is 5.91 Å². The summed E-state index contributed by atoms with van der Waals surface area (Å²) in [5.74, 6) is 0.146. The number of amides is 1. The maximum atomic E-state index is 12.5. The summed E-state index contributed by atoms with van der Waals surface area (Å²) in [6, 6.07) is 8.47. The van der Waals surface area contributed by atoms with Crippen LogP contribution in [0, 0.1) is 13.8 Å². The summed E-state index contributed by atoms with van der Waals surface area (Å²) in [5, 5.41) is 0.790. The van der Waals surface area contributed by atoms with E-state index in [9.17, 15) is 4.79 Å². The molecule has 0 atom stereocenters. The summed E-state index contributed by atoms with van der Waals surface area (Å²) in [6.07, 6.45) is 4.17. The van der Waals surface area contributed by atoms with Gasteiger partial charge in [-0.1, -0.05) is 43.0 Å². The number of carbonyl (C=O) groups is 1. The second-order valence-corrected chi connectivity index (χ2v) is 7.05. The van der Waals surface area contributed by atoms with Gasteiger partial charge in [0.25, 0.3) is 0 Å². The molecule has 0 saturated heterocycles. The van der Waals surface area contributed by atoms with Crippen LogP contribution in [-0.4, -0.2) is 34.1 Å². The Balaban J connectivity index is 1.95. The van der Waals surface area contributed by atoms with Crippen LogP contribution in [0.1, 0.15) is 41.4 Å². The summed E-state index contributed by atoms with van der Waals surface area (Å²) >= 11 is 1.54. The van der Waals surface area contributed by atoms with Gasteiger partial charge in [0.1, 0.15) is 0 Å². The first-order valence-electron chi connectivity index (χ1n) is 8.64. The molecule has 0 aliphatic rings. The Bertz CT molecular complexity index is 705. The molecule has 0 saturated carbocycles. The van der Waals surface area contributed by atoms with E-state index in [1.54, 1.807) is 16.7 Å². The van der Waals surface area contributed by atoms with Crippen LogP contribution in [0.4, 0.5) is 0 Å². The van der Waals surface area contributed by atoms with Gasteiger partial charge in [-0.25, -0.2) is 9.97 Å². The molecule has 0 fully saturated rings. The molecule has 2 rings (SSSR count). The minimum Gasteiger partial charge on any atom is -0.341 e. The number of nitrogens with zero attached hydrogens (tertiary/aromatic N) is 3. The third-order valence-corrected chi connectivity index (χ3v) is 5.00. The van der Waals surface area contributed by atoms with Gasteiger partial charge in [-0.05, 0) is 49.6 Å². The number of rotatable bonds is 7. The third-order valence-electron chi connectivity index (χ3n) is 4.45. The van der Waals surface area contributed by atoms with E-state index in [1.165, 1.54) is 5.56 Å². The first-order chi connectivity index (χ1) is 11.9. The molecule has 0 unspecified atom stereocenters. The molecule has 1 aromatic heterocycles. The highest BCUT2D eigenvalue weighted by Crippen LogP contribution is 2.17. The second-order valence-electron chi connectivity index (χ2n) is 6.28. The molecule has 0 aliphatic heterocycles. The number of benzene rings is 1. The monoisotopic (exact) mass is 357 g/mol. The molecule has 5 heteroatoms. The van der Waals surface area contributed by atoms with Gasteiger partial charge in [0.2, 0.25) is 5.91 Å². The van der Waals surface area contributed by atoms with E-state index in [4.69, 9.17) is 0 Å². The molecular formula is C20H27N3OS. The van der Waals surface area contributed by atoms with Gasteiger partial charge < -0.3 is 4.90 Å². The highest BCUT2D eigenvalue weighted by molar-refractivity contribution is 7.98. The lowest BCUT2D eigenvalue weighted by Crippen LogP contribution is -2.26. The van der Waals surface area contributed by atoms with E-state index < -0.39 is 0 Å². The second kappa shape index (κ2) is 8.99. The fourth-order valence-corrected chi connectivity index (χ4v) is 3.28.